The molecule has 0 N–H and O–H groups in total. The minimum Gasteiger partial charge on any atom is -0.668 e. The van der Waals surface area contributed by atoms with Gasteiger partial charge in [-0.25, -0.2) is 0 Å². The van der Waals surface area contributed by atoms with Crippen molar-refractivity contribution in [1.29, 1.82) is 0 Å². The number of hydroxylamine groups is 1. The zero-order chi connectivity index (χ0) is 12.8. The summed E-state index contributed by atoms with van der Waals surface area (Å²) in [4.78, 5) is 5.01. The molecule has 0 amide bonds. The number of nitrogens with zero attached hydrogens (tertiary/aromatic N) is 3. The molecule has 108 valence electrons. The summed E-state index contributed by atoms with van der Waals surface area (Å²) in [6, 6.07) is 0. The molecular weight excluding hydrogens is 377 g/mol. The van der Waals surface area contributed by atoms with Crippen molar-refractivity contribution in [2.24, 2.45) is 5.92 Å². The third-order valence-electron chi connectivity index (χ3n) is 1.98. The molecule has 18 heavy (non-hydrogen) atoms. The molecule has 1 aliphatic carbocycles. The van der Waals surface area contributed by atoms with Gasteiger partial charge in [-0.3, -0.25) is 0 Å². The van der Waals surface area contributed by atoms with E-state index < -0.39 is 0 Å². The Hall–Kier alpha value is 1.28. The van der Waals surface area contributed by atoms with Gasteiger partial charge in [0.1, 0.15) is 0 Å². The number of hydrogen-bond donors (Lipinski definition) is 0. The van der Waals surface area contributed by atoms with E-state index in [4.69, 9.17) is 4.84 Å². The Morgan fingerprint density at radius 1 is 1.06 bits per heavy atom. The fraction of sp³-hybridized carbons (Fsp3) is 0.917. The molecule has 1 fully saturated rings. The molecule has 1 saturated carbocycles. The maximum Gasteiger partial charge on any atom is 4.00 e. The summed E-state index contributed by atoms with van der Waals surface area (Å²) in [5.74, 6) is 0.754. The van der Waals surface area contributed by atoms with Crippen molar-refractivity contribution >= 4 is 22.6 Å². The van der Waals surface area contributed by atoms with Crippen LogP contribution < -0.4 is 0 Å². The molecule has 0 aromatic rings. The average Bonchev–Trinajstić information content (AvgIpc) is 2.63. The molecule has 6 heteroatoms. The standard InChI is InChI=1S/C7H13INO.2C2H6N.CH3.Ti/c1-9-10-5-6-3-2-4-7(6)8;2*1-3-2;;/h6-7H,2-5H2,1H3;2*1-2H3;1H3;/q4*-1;+4/t6-,7?;;;;/m0..../s1. The predicted octanol–water partition coefficient (Wildman–Crippen LogP) is 4.21. The minimum atomic E-state index is 0. The summed E-state index contributed by atoms with van der Waals surface area (Å²) in [6.07, 6.45) is 4.05. The summed E-state index contributed by atoms with van der Waals surface area (Å²) in [5.41, 5.74) is 3.63. The third kappa shape index (κ3) is 19.6. The zero-order valence-corrected chi connectivity index (χ0v) is 16.3. The van der Waals surface area contributed by atoms with Crippen molar-refractivity contribution < 1.29 is 26.6 Å². The fourth-order valence-corrected chi connectivity index (χ4v) is 2.36. The molecule has 0 aliphatic heterocycles. The summed E-state index contributed by atoms with van der Waals surface area (Å²) in [6.45, 7) is 0.824. The molecule has 0 saturated heterocycles. The van der Waals surface area contributed by atoms with Crippen LogP contribution in [0, 0.1) is 13.3 Å². The van der Waals surface area contributed by atoms with Gasteiger partial charge in [-0.05, 0) is 18.8 Å². The van der Waals surface area contributed by atoms with Gasteiger partial charge in [-0.15, -0.1) is 7.05 Å². The Bertz CT molecular complexity index is 132. The Kier molecular flexibility index (Phi) is 35.8. The van der Waals surface area contributed by atoms with E-state index >= 15 is 0 Å². The van der Waals surface area contributed by atoms with E-state index in [1.54, 1.807) is 35.2 Å². The minimum absolute atomic E-state index is 0. The van der Waals surface area contributed by atoms with E-state index in [-0.39, 0.29) is 29.1 Å². The third-order valence-corrected chi connectivity index (χ3v) is 3.62. The van der Waals surface area contributed by atoms with Crippen LogP contribution in [0.1, 0.15) is 19.3 Å². The SMILES string of the molecule is C[N-]C.C[N-]C.C[N-]OC[C@@H]1CCCC1I.[CH3-].[Ti+4]. The second-order valence-corrected chi connectivity index (χ2v) is 5.18. The summed E-state index contributed by atoms with van der Waals surface area (Å²) >= 11 is 2.51. The van der Waals surface area contributed by atoms with Crippen LogP contribution in [-0.4, -0.2) is 45.8 Å². The number of alkyl halides is 1. The van der Waals surface area contributed by atoms with Gasteiger partial charge in [0.25, 0.3) is 0 Å². The maximum absolute atomic E-state index is 5.01. The zero-order valence-electron chi connectivity index (χ0n) is 12.6. The first-order valence-corrected chi connectivity index (χ1v) is 6.73. The van der Waals surface area contributed by atoms with Gasteiger partial charge >= 0.3 is 21.7 Å². The maximum atomic E-state index is 5.01. The topological polar surface area (TPSA) is 51.5 Å². The average molecular weight is 405 g/mol. The quantitative estimate of drug-likeness (QED) is 0.228. The van der Waals surface area contributed by atoms with E-state index in [0.717, 1.165) is 16.4 Å². The van der Waals surface area contributed by atoms with E-state index in [1.807, 2.05) is 0 Å². The Morgan fingerprint density at radius 2 is 1.50 bits per heavy atom. The van der Waals surface area contributed by atoms with Gasteiger partial charge in [0.15, 0.2) is 0 Å². The van der Waals surface area contributed by atoms with Crippen LogP contribution in [-0.2, 0) is 26.6 Å². The summed E-state index contributed by atoms with van der Waals surface area (Å²) in [7, 11) is 8.69. The molecule has 0 aromatic carbocycles. The van der Waals surface area contributed by atoms with Crippen LogP contribution >= 0.6 is 22.6 Å². The Labute approximate surface area is 143 Å². The molecule has 1 unspecified atom stereocenters. The normalized spacial score (nSPS) is 20.3. The van der Waals surface area contributed by atoms with E-state index in [9.17, 15) is 0 Å². The second kappa shape index (κ2) is 23.4. The smallest absolute Gasteiger partial charge is 0.668 e. The molecule has 0 heterocycles. The van der Waals surface area contributed by atoms with Crippen LogP contribution in [0.5, 0.6) is 0 Å². The number of hydrogen-bond acceptors (Lipinski definition) is 1. The van der Waals surface area contributed by atoms with Crippen LogP contribution in [0.2, 0.25) is 0 Å². The fourth-order valence-electron chi connectivity index (χ4n) is 1.35. The molecule has 1 rings (SSSR count). The summed E-state index contributed by atoms with van der Waals surface area (Å²) < 4.78 is 0.819. The largest absolute Gasteiger partial charge is 4.00 e. The van der Waals surface area contributed by atoms with E-state index in [2.05, 4.69) is 38.7 Å². The van der Waals surface area contributed by atoms with Gasteiger partial charge in [0.05, 0.1) is 0 Å². The van der Waals surface area contributed by atoms with Gasteiger partial charge < -0.3 is 28.4 Å². The van der Waals surface area contributed by atoms with Crippen molar-refractivity contribution in [3.63, 3.8) is 0 Å². The second-order valence-electron chi connectivity index (χ2n) is 3.58. The van der Waals surface area contributed by atoms with Crippen LogP contribution in [0.4, 0.5) is 0 Å². The van der Waals surface area contributed by atoms with Crippen LogP contribution in [0.3, 0.4) is 0 Å². The monoisotopic (exact) mass is 405 g/mol. The van der Waals surface area contributed by atoms with Crippen molar-refractivity contribution in [1.82, 2.24) is 0 Å². The molecule has 4 nitrogen and oxygen atoms in total. The van der Waals surface area contributed by atoms with Crippen molar-refractivity contribution in [2.75, 3.05) is 41.8 Å². The molecule has 0 aromatic heterocycles. The molecule has 2 atom stereocenters. The van der Waals surface area contributed by atoms with Crippen LogP contribution in [0.25, 0.3) is 16.1 Å². The molecule has 0 radical (unpaired) electrons. The van der Waals surface area contributed by atoms with Gasteiger partial charge in [-0.1, -0.05) is 29.0 Å². The number of rotatable bonds is 3. The van der Waals surface area contributed by atoms with E-state index in [0.29, 0.717) is 0 Å². The van der Waals surface area contributed by atoms with E-state index in [1.165, 1.54) is 19.3 Å². The van der Waals surface area contributed by atoms with Gasteiger partial charge in [-0.2, -0.15) is 28.2 Å². The van der Waals surface area contributed by atoms with Crippen molar-refractivity contribution in [2.45, 2.75) is 23.2 Å². The number of halogens is 1. The first-order valence-electron chi connectivity index (χ1n) is 5.48. The Balaban J connectivity index is -0.000000106. The molecule has 0 spiro atoms. The van der Waals surface area contributed by atoms with Crippen molar-refractivity contribution in [3.05, 3.63) is 23.5 Å². The Morgan fingerprint density at radius 3 is 1.78 bits per heavy atom. The van der Waals surface area contributed by atoms with Crippen molar-refractivity contribution in [3.8, 4) is 0 Å². The first kappa shape index (κ1) is 27.6. The predicted molar refractivity (Wildman–Crippen MR) is 87.2 cm³/mol. The molecular formula is C12H28IN3OTi. The molecule has 0 bridgehead atoms. The summed E-state index contributed by atoms with van der Waals surface area (Å²) in [5, 5.41) is 7.00. The molecule has 1 aliphatic rings. The van der Waals surface area contributed by atoms with Crippen LogP contribution in [0.15, 0.2) is 0 Å². The van der Waals surface area contributed by atoms with Gasteiger partial charge in [0, 0.05) is 10.5 Å². The van der Waals surface area contributed by atoms with Gasteiger partial charge in [0.2, 0.25) is 0 Å². The first-order chi connectivity index (χ1) is 7.67.